The number of ether oxygens (including phenoxy) is 1. The fourth-order valence-electron chi connectivity index (χ4n) is 4.92. The Morgan fingerprint density at radius 1 is 1.14 bits per heavy atom. The van der Waals surface area contributed by atoms with Crippen molar-refractivity contribution in [3.05, 3.63) is 65.8 Å². The molecule has 0 spiro atoms. The number of rotatable bonds is 6. The summed E-state index contributed by atoms with van der Waals surface area (Å²) in [6, 6.07) is 8.48. The van der Waals surface area contributed by atoms with Gasteiger partial charge >= 0.3 is 5.97 Å². The monoisotopic (exact) mass is 493 g/mol. The number of allylic oxidation sites excluding steroid dienone is 1. The van der Waals surface area contributed by atoms with Crippen LogP contribution in [0.5, 0.6) is 0 Å². The van der Waals surface area contributed by atoms with E-state index >= 15 is 0 Å². The molecule has 1 fully saturated rings. The zero-order valence-corrected chi connectivity index (χ0v) is 20.7. The predicted octanol–water partition coefficient (Wildman–Crippen LogP) is 4.02. The standard InChI is InChI=1S/C25H27N5O4S/c1-4-18-12-17(14-23(31)34-5-2)13-20(18)24-28-27-22-15-26-25-21(30(22)24)10-11-29(25)35(32,33)19-8-6-16(3)7-9-19/h6-11,14-15,18,20H,4-5,12-13H2,1-3H3/b17-14-/t18-,20+/m1/s1. The molecule has 1 aliphatic rings. The van der Waals surface area contributed by atoms with Crippen molar-refractivity contribution in [1.82, 2.24) is 23.6 Å². The molecule has 2 atom stereocenters. The van der Waals surface area contributed by atoms with Crippen LogP contribution in [0.1, 0.15) is 50.4 Å². The lowest BCUT2D eigenvalue weighted by Crippen LogP contribution is -2.13. The lowest BCUT2D eigenvalue weighted by molar-refractivity contribution is -0.137. The summed E-state index contributed by atoms with van der Waals surface area (Å²) in [6.07, 6.45) is 7.03. The number of esters is 1. The molecule has 0 saturated heterocycles. The van der Waals surface area contributed by atoms with E-state index in [0.29, 0.717) is 29.8 Å². The second kappa shape index (κ2) is 8.92. The average molecular weight is 494 g/mol. The fourth-order valence-corrected chi connectivity index (χ4v) is 6.22. The van der Waals surface area contributed by atoms with Gasteiger partial charge in [-0.2, -0.15) is 0 Å². The molecule has 1 aliphatic carbocycles. The summed E-state index contributed by atoms with van der Waals surface area (Å²) in [5.74, 6) is 0.745. The van der Waals surface area contributed by atoms with Gasteiger partial charge in [-0.25, -0.2) is 22.2 Å². The van der Waals surface area contributed by atoms with Crippen molar-refractivity contribution in [2.45, 2.75) is 50.8 Å². The van der Waals surface area contributed by atoms with E-state index in [1.807, 2.05) is 11.3 Å². The van der Waals surface area contributed by atoms with Gasteiger partial charge in [0.15, 0.2) is 11.3 Å². The summed E-state index contributed by atoms with van der Waals surface area (Å²) in [4.78, 5) is 16.6. The highest BCUT2D eigenvalue weighted by atomic mass is 32.2. The summed E-state index contributed by atoms with van der Waals surface area (Å²) in [5, 5.41) is 8.80. The van der Waals surface area contributed by atoms with Gasteiger partial charge in [0.05, 0.1) is 23.2 Å². The molecule has 10 heteroatoms. The summed E-state index contributed by atoms with van der Waals surface area (Å²) in [5.41, 5.74) is 3.49. The van der Waals surface area contributed by atoms with Gasteiger partial charge in [-0.1, -0.05) is 36.6 Å². The molecule has 182 valence electrons. The quantitative estimate of drug-likeness (QED) is 0.295. The van der Waals surface area contributed by atoms with Crippen LogP contribution in [0.2, 0.25) is 0 Å². The molecule has 4 aromatic rings. The van der Waals surface area contributed by atoms with Crippen molar-refractivity contribution in [3.63, 3.8) is 0 Å². The number of hydrogen-bond donors (Lipinski definition) is 0. The summed E-state index contributed by atoms with van der Waals surface area (Å²) in [7, 11) is -3.83. The van der Waals surface area contributed by atoms with Crippen LogP contribution >= 0.6 is 0 Å². The van der Waals surface area contributed by atoms with Crippen LogP contribution in [-0.4, -0.2) is 44.5 Å². The predicted molar refractivity (Wildman–Crippen MR) is 131 cm³/mol. The number of hydrogen-bond acceptors (Lipinski definition) is 7. The zero-order valence-electron chi connectivity index (χ0n) is 19.9. The molecule has 0 N–H and O–H groups in total. The average Bonchev–Trinajstić information content (AvgIpc) is 3.55. The van der Waals surface area contributed by atoms with Crippen LogP contribution in [-0.2, 0) is 19.6 Å². The normalized spacial score (nSPS) is 19.7. The van der Waals surface area contributed by atoms with E-state index < -0.39 is 10.0 Å². The van der Waals surface area contributed by atoms with Gasteiger partial charge in [-0.15, -0.1) is 10.2 Å². The molecule has 0 radical (unpaired) electrons. The highest BCUT2D eigenvalue weighted by Gasteiger charge is 2.35. The van der Waals surface area contributed by atoms with Gasteiger partial charge in [0.25, 0.3) is 10.0 Å². The van der Waals surface area contributed by atoms with Gasteiger partial charge in [-0.3, -0.25) is 4.40 Å². The maximum atomic E-state index is 13.4. The van der Waals surface area contributed by atoms with Gasteiger partial charge in [0.2, 0.25) is 0 Å². The third kappa shape index (κ3) is 4.01. The highest BCUT2D eigenvalue weighted by molar-refractivity contribution is 7.90. The molecule has 0 bridgehead atoms. The van der Waals surface area contributed by atoms with Crippen LogP contribution in [0.15, 0.2) is 59.3 Å². The van der Waals surface area contributed by atoms with E-state index in [2.05, 4.69) is 22.1 Å². The number of carbonyl (C=O) groups is 1. The number of aromatic nitrogens is 5. The highest BCUT2D eigenvalue weighted by Crippen LogP contribution is 2.44. The third-order valence-electron chi connectivity index (χ3n) is 6.68. The van der Waals surface area contributed by atoms with E-state index in [4.69, 9.17) is 4.74 Å². The van der Waals surface area contributed by atoms with E-state index in [9.17, 15) is 13.2 Å². The summed E-state index contributed by atoms with van der Waals surface area (Å²) < 4.78 is 34.9. The minimum Gasteiger partial charge on any atom is -0.463 e. The van der Waals surface area contributed by atoms with E-state index in [0.717, 1.165) is 29.8 Å². The van der Waals surface area contributed by atoms with Crippen LogP contribution in [0, 0.1) is 12.8 Å². The first kappa shape index (κ1) is 23.2. The lowest BCUT2D eigenvalue weighted by Gasteiger charge is -2.16. The number of nitrogens with zero attached hydrogens (tertiary/aromatic N) is 5. The van der Waals surface area contributed by atoms with E-state index in [1.54, 1.807) is 49.5 Å². The smallest absolute Gasteiger partial charge is 0.330 e. The number of aryl methyl sites for hydroxylation is 1. The Hall–Kier alpha value is -3.53. The number of fused-ring (bicyclic) bond motifs is 3. The van der Waals surface area contributed by atoms with Crippen molar-refractivity contribution in [2.75, 3.05) is 6.61 Å². The Balaban J connectivity index is 1.60. The van der Waals surface area contributed by atoms with Crippen molar-refractivity contribution >= 4 is 32.8 Å². The summed E-state index contributed by atoms with van der Waals surface area (Å²) >= 11 is 0. The van der Waals surface area contributed by atoms with Crippen molar-refractivity contribution in [3.8, 4) is 0 Å². The minimum absolute atomic E-state index is 0.0401. The molecule has 1 saturated carbocycles. The molecule has 3 heterocycles. The van der Waals surface area contributed by atoms with Gasteiger partial charge in [0, 0.05) is 18.2 Å². The summed E-state index contributed by atoms with van der Waals surface area (Å²) in [6.45, 7) is 6.16. The topological polar surface area (TPSA) is 108 Å². The maximum Gasteiger partial charge on any atom is 0.330 e. The number of benzene rings is 1. The van der Waals surface area contributed by atoms with Crippen molar-refractivity contribution in [2.24, 2.45) is 5.92 Å². The van der Waals surface area contributed by atoms with E-state index in [1.165, 1.54) is 10.2 Å². The molecule has 0 aliphatic heterocycles. The third-order valence-corrected chi connectivity index (χ3v) is 8.36. The Labute approximate surface area is 203 Å². The molecule has 3 aromatic heterocycles. The molecular weight excluding hydrogens is 466 g/mol. The minimum atomic E-state index is -3.83. The second-order valence-corrected chi connectivity index (χ2v) is 10.7. The van der Waals surface area contributed by atoms with Crippen LogP contribution in [0.25, 0.3) is 16.8 Å². The van der Waals surface area contributed by atoms with Gasteiger partial charge in [-0.05, 0) is 50.8 Å². The Morgan fingerprint density at radius 3 is 2.63 bits per heavy atom. The van der Waals surface area contributed by atoms with Crippen LogP contribution < -0.4 is 0 Å². The SMILES string of the molecule is CCOC(=O)/C=C1/C[C@@H](CC)[C@@H](c2nnc3cnc4c(ccn4S(=O)(=O)c4ccc(C)cc4)n23)C1. The Bertz CT molecular complexity index is 1550. The maximum absolute atomic E-state index is 13.4. The van der Waals surface area contributed by atoms with Gasteiger partial charge in [0.1, 0.15) is 5.82 Å². The van der Waals surface area contributed by atoms with Crippen LogP contribution in [0.3, 0.4) is 0 Å². The molecular formula is C25H27N5O4S. The van der Waals surface area contributed by atoms with E-state index in [-0.39, 0.29) is 22.7 Å². The zero-order chi connectivity index (χ0) is 24.7. The molecule has 35 heavy (non-hydrogen) atoms. The molecule has 0 unspecified atom stereocenters. The fraction of sp³-hybridized carbons (Fsp3) is 0.360. The van der Waals surface area contributed by atoms with Crippen molar-refractivity contribution in [1.29, 1.82) is 0 Å². The first-order chi connectivity index (χ1) is 16.8. The van der Waals surface area contributed by atoms with Gasteiger partial charge < -0.3 is 4.74 Å². The Morgan fingerprint density at radius 2 is 1.91 bits per heavy atom. The molecule has 9 nitrogen and oxygen atoms in total. The first-order valence-corrected chi connectivity index (χ1v) is 13.2. The Kier molecular flexibility index (Phi) is 5.92. The molecule has 0 amide bonds. The largest absolute Gasteiger partial charge is 0.463 e. The van der Waals surface area contributed by atoms with Crippen LogP contribution in [0.4, 0.5) is 0 Å². The molecule has 1 aromatic carbocycles. The number of carbonyl (C=O) groups excluding carboxylic acids is 1. The second-order valence-electron chi connectivity index (χ2n) is 8.89. The molecule has 5 rings (SSSR count). The lowest BCUT2D eigenvalue weighted by atomic mass is 9.93. The first-order valence-electron chi connectivity index (χ1n) is 11.7. The van der Waals surface area contributed by atoms with Crippen molar-refractivity contribution < 1.29 is 17.9 Å².